The Kier molecular flexibility index (Phi) is 3.95. The van der Waals surface area contributed by atoms with Gasteiger partial charge in [-0.05, 0) is 24.6 Å². The van der Waals surface area contributed by atoms with Crippen LogP contribution in [0, 0.1) is 6.92 Å². The molecule has 1 atom stereocenters. The second kappa shape index (κ2) is 6.03. The number of hydrogen-bond donors (Lipinski definition) is 1. The van der Waals surface area contributed by atoms with E-state index in [2.05, 4.69) is 29.4 Å². The van der Waals surface area contributed by atoms with E-state index in [9.17, 15) is 0 Å². The molecule has 0 aliphatic carbocycles. The predicted octanol–water partition coefficient (Wildman–Crippen LogP) is 3.92. The zero-order valence-electron chi connectivity index (χ0n) is 11.2. The first-order valence-corrected chi connectivity index (χ1v) is 7.37. The van der Waals surface area contributed by atoms with E-state index in [4.69, 9.17) is 4.42 Å². The maximum absolute atomic E-state index is 5.56. The van der Waals surface area contributed by atoms with Crippen molar-refractivity contribution in [3.63, 3.8) is 0 Å². The number of thiazole rings is 1. The molecule has 4 heteroatoms. The Morgan fingerprint density at radius 2 is 2.05 bits per heavy atom. The van der Waals surface area contributed by atoms with Crippen LogP contribution in [0.15, 0.2) is 59.3 Å². The summed E-state index contributed by atoms with van der Waals surface area (Å²) in [6.45, 7) is 2.81. The van der Waals surface area contributed by atoms with Crippen LogP contribution in [0.1, 0.15) is 27.3 Å². The third kappa shape index (κ3) is 2.98. The lowest BCUT2D eigenvalue weighted by atomic mass is 10.0. The highest BCUT2D eigenvalue weighted by molar-refractivity contribution is 7.11. The fourth-order valence-electron chi connectivity index (χ4n) is 2.16. The summed E-state index contributed by atoms with van der Waals surface area (Å²) < 4.78 is 5.56. The standard InChI is InChI=1S/C16H16N2OS/c1-12-10-17-15(20-12)11-18-16(14-8-5-9-19-14)13-6-3-2-4-7-13/h2-10,16,18H,11H2,1H3. The van der Waals surface area contributed by atoms with Crippen LogP contribution in [0.25, 0.3) is 0 Å². The normalized spacial score (nSPS) is 12.4. The summed E-state index contributed by atoms with van der Waals surface area (Å²) >= 11 is 1.72. The number of aromatic nitrogens is 1. The minimum absolute atomic E-state index is 0.0513. The molecule has 20 heavy (non-hydrogen) atoms. The fourth-order valence-corrected chi connectivity index (χ4v) is 2.89. The number of aryl methyl sites for hydroxylation is 1. The summed E-state index contributed by atoms with van der Waals surface area (Å²) in [6.07, 6.45) is 3.62. The second-order valence-corrected chi connectivity index (χ2v) is 5.92. The lowest BCUT2D eigenvalue weighted by Crippen LogP contribution is -2.21. The Hall–Kier alpha value is -1.91. The van der Waals surface area contributed by atoms with Crippen molar-refractivity contribution >= 4 is 11.3 Å². The van der Waals surface area contributed by atoms with E-state index in [0.717, 1.165) is 17.3 Å². The van der Waals surface area contributed by atoms with Gasteiger partial charge in [0.15, 0.2) is 0 Å². The molecule has 0 saturated heterocycles. The highest BCUT2D eigenvalue weighted by Gasteiger charge is 2.16. The van der Waals surface area contributed by atoms with Crippen molar-refractivity contribution in [2.45, 2.75) is 19.5 Å². The summed E-state index contributed by atoms with van der Waals surface area (Å²) in [5.74, 6) is 0.921. The molecule has 0 aliphatic heterocycles. The van der Waals surface area contributed by atoms with Crippen molar-refractivity contribution in [2.24, 2.45) is 0 Å². The van der Waals surface area contributed by atoms with E-state index in [0.29, 0.717) is 0 Å². The molecule has 0 saturated carbocycles. The molecule has 0 fully saturated rings. The van der Waals surface area contributed by atoms with Crippen LogP contribution in [0.5, 0.6) is 0 Å². The first-order valence-electron chi connectivity index (χ1n) is 6.56. The SMILES string of the molecule is Cc1cnc(CNC(c2ccccc2)c2ccco2)s1. The van der Waals surface area contributed by atoms with E-state index < -0.39 is 0 Å². The summed E-state index contributed by atoms with van der Waals surface area (Å²) in [5, 5.41) is 4.61. The Bertz CT molecular complexity index is 646. The molecule has 0 bridgehead atoms. The molecule has 1 unspecified atom stereocenters. The average Bonchev–Trinajstić information content (AvgIpc) is 3.12. The topological polar surface area (TPSA) is 38.1 Å². The minimum atomic E-state index is 0.0513. The van der Waals surface area contributed by atoms with Crippen LogP contribution >= 0.6 is 11.3 Å². The summed E-state index contributed by atoms with van der Waals surface area (Å²) in [7, 11) is 0. The number of nitrogens with one attached hydrogen (secondary N) is 1. The largest absolute Gasteiger partial charge is 0.467 e. The number of rotatable bonds is 5. The molecule has 102 valence electrons. The fraction of sp³-hybridized carbons (Fsp3) is 0.188. The van der Waals surface area contributed by atoms with Gasteiger partial charge in [0.1, 0.15) is 10.8 Å². The van der Waals surface area contributed by atoms with Gasteiger partial charge in [-0.2, -0.15) is 0 Å². The van der Waals surface area contributed by atoms with Gasteiger partial charge >= 0.3 is 0 Å². The molecule has 1 aromatic carbocycles. The van der Waals surface area contributed by atoms with Gasteiger partial charge in [0, 0.05) is 17.6 Å². The van der Waals surface area contributed by atoms with Crippen molar-refractivity contribution in [2.75, 3.05) is 0 Å². The lowest BCUT2D eigenvalue weighted by molar-refractivity contribution is 0.445. The van der Waals surface area contributed by atoms with Crippen molar-refractivity contribution in [3.05, 3.63) is 76.1 Å². The Labute approximate surface area is 122 Å². The van der Waals surface area contributed by atoms with E-state index in [1.165, 1.54) is 10.4 Å². The van der Waals surface area contributed by atoms with Crippen LogP contribution in [-0.2, 0) is 6.54 Å². The molecule has 3 nitrogen and oxygen atoms in total. The quantitative estimate of drug-likeness (QED) is 0.771. The smallest absolute Gasteiger partial charge is 0.125 e. The van der Waals surface area contributed by atoms with Crippen molar-refractivity contribution < 1.29 is 4.42 Å². The molecule has 0 radical (unpaired) electrons. The molecule has 3 aromatic rings. The van der Waals surface area contributed by atoms with Gasteiger partial charge in [-0.3, -0.25) is 5.32 Å². The maximum atomic E-state index is 5.56. The Morgan fingerprint density at radius 3 is 2.70 bits per heavy atom. The van der Waals surface area contributed by atoms with Gasteiger partial charge in [-0.25, -0.2) is 4.98 Å². The monoisotopic (exact) mass is 284 g/mol. The Morgan fingerprint density at radius 1 is 1.20 bits per heavy atom. The first kappa shape index (κ1) is 13.1. The van der Waals surface area contributed by atoms with E-state index in [-0.39, 0.29) is 6.04 Å². The van der Waals surface area contributed by atoms with E-state index in [1.54, 1.807) is 17.6 Å². The predicted molar refractivity (Wildman–Crippen MR) is 80.7 cm³/mol. The molecule has 1 N–H and O–H groups in total. The zero-order valence-corrected chi connectivity index (χ0v) is 12.1. The number of benzene rings is 1. The molecule has 0 spiro atoms. The van der Waals surface area contributed by atoms with Crippen LogP contribution < -0.4 is 5.32 Å². The number of hydrogen-bond acceptors (Lipinski definition) is 4. The third-order valence-electron chi connectivity index (χ3n) is 3.09. The van der Waals surface area contributed by atoms with Crippen LogP contribution in [-0.4, -0.2) is 4.98 Å². The third-order valence-corrected chi connectivity index (χ3v) is 4.00. The average molecular weight is 284 g/mol. The van der Waals surface area contributed by atoms with Crippen LogP contribution in [0.2, 0.25) is 0 Å². The van der Waals surface area contributed by atoms with E-state index in [1.807, 2.05) is 36.5 Å². The highest BCUT2D eigenvalue weighted by atomic mass is 32.1. The molecule has 3 rings (SSSR count). The number of nitrogens with zero attached hydrogens (tertiary/aromatic N) is 1. The van der Waals surface area contributed by atoms with Gasteiger partial charge < -0.3 is 4.42 Å². The summed E-state index contributed by atoms with van der Waals surface area (Å²) in [5.41, 5.74) is 1.19. The molecule has 2 aromatic heterocycles. The molecule has 0 amide bonds. The molecule has 2 heterocycles. The highest BCUT2D eigenvalue weighted by Crippen LogP contribution is 2.23. The zero-order chi connectivity index (χ0) is 13.8. The molecule has 0 aliphatic rings. The van der Waals surface area contributed by atoms with Crippen molar-refractivity contribution in [1.82, 2.24) is 10.3 Å². The number of furan rings is 1. The summed E-state index contributed by atoms with van der Waals surface area (Å²) in [6, 6.07) is 14.3. The van der Waals surface area contributed by atoms with Crippen molar-refractivity contribution in [3.8, 4) is 0 Å². The molecular weight excluding hydrogens is 268 g/mol. The van der Waals surface area contributed by atoms with Gasteiger partial charge in [0.2, 0.25) is 0 Å². The van der Waals surface area contributed by atoms with Gasteiger partial charge in [-0.15, -0.1) is 11.3 Å². The van der Waals surface area contributed by atoms with E-state index >= 15 is 0 Å². The first-order chi connectivity index (χ1) is 9.83. The second-order valence-electron chi connectivity index (χ2n) is 4.60. The molecular formula is C16H16N2OS. The van der Waals surface area contributed by atoms with Crippen LogP contribution in [0.3, 0.4) is 0 Å². The maximum Gasteiger partial charge on any atom is 0.125 e. The minimum Gasteiger partial charge on any atom is -0.467 e. The van der Waals surface area contributed by atoms with Gasteiger partial charge in [0.25, 0.3) is 0 Å². The summed E-state index contributed by atoms with van der Waals surface area (Å²) in [4.78, 5) is 5.62. The lowest BCUT2D eigenvalue weighted by Gasteiger charge is -2.16. The van der Waals surface area contributed by atoms with Crippen molar-refractivity contribution in [1.29, 1.82) is 0 Å². The van der Waals surface area contributed by atoms with Crippen LogP contribution in [0.4, 0.5) is 0 Å². The Balaban J connectivity index is 1.80. The van der Waals surface area contributed by atoms with Gasteiger partial charge in [-0.1, -0.05) is 30.3 Å². The van der Waals surface area contributed by atoms with Gasteiger partial charge in [0.05, 0.1) is 12.3 Å².